The van der Waals surface area contributed by atoms with Crippen molar-refractivity contribution in [3.8, 4) is 11.5 Å². The van der Waals surface area contributed by atoms with Gasteiger partial charge in [0.15, 0.2) is 17.6 Å². The molecular formula is C22H27NO7. The van der Waals surface area contributed by atoms with Crippen LogP contribution >= 0.6 is 0 Å². The number of nitrogens with one attached hydrogen (secondary N) is 1. The van der Waals surface area contributed by atoms with Crippen LogP contribution in [0.25, 0.3) is 0 Å². The van der Waals surface area contributed by atoms with Crippen LogP contribution in [0.4, 0.5) is 0 Å². The highest BCUT2D eigenvalue weighted by Crippen LogP contribution is 2.58. The summed E-state index contributed by atoms with van der Waals surface area (Å²) in [4.78, 5) is 23.7. The second-order valence-corrected chi connectivity index (χ2v) is 8.06. The average Bonchev–Trinajstić information content (AvgIpc) is 2.67. The number of hydrogen-bond donors (Lipinski definition) is 2. The van der Waals surface area contributed by atoms with Gasteiger partial charge in [-0.05, 0) is 36.6 Å². The van der Waals surface area contributed by atoms with Crippen LogP contribution in [0.15, 0.2) is 23.5 Å². The first-order chi connectivity index (χ1) is 14.3. The minimum absolute atomic E-state index is 0.0367. The lowest BCUT2D eigenvalue weighted by molar-refractivity contribution is -0.168. The van der Waals surface area contributed by atoms with Gasteiger partial charge in [0.25, 0.3) is 0 Å². The van der Waals surface area contributed by atoms with Gasteiger partial charge in [-0.1, -0.05) is 6.07 Å². The minimum atomic E-state index is -0.837. The number of phenols is 1. The fraction of sp³-hybridized carbons (Fsp3) is 0.545. The van der Waals surface area contributed by atoms with E-state index in [1.54, 1.807) is 6.07 Å². The van der Waals surface area contributed by atoms with Crippen molar-refractivity contribution in [2.24, 2.45) is 0 Å². The molecule has 1 aromatic rings. The molecule has 2 bridgehead atoms. The van der Waals surface area contributed by atoms with Gasteiger partial charge in [-0.25, -0.2) is 0 Å². The van der Waals surface area contributed by atoms with Gasteiger partial charge in [-0.3, -0.25) is 9.59 Å². The summed E-state index contributed by atoms with van der Waals surface area (Å²) < 4.78 is 22.4. The van der Waals surface area contributed by atoms with E-state index in [0.29, 0.717) is 30.8 Å². The molecule has 3 aliphatic rings. The van der Waals surface area contributed by atoms with Crippen LogP contribution in [0.2, 0.25) is 0 Å². The summed E-state index contributed by atoms with van der Waals surface area (Å²) in [5.41, 5.74) is 2.12. The molecule has 1 aromatic carbocycles. The van der Waals surface area contributed by atoms with Gasteiger partial charge in [-0.15, -0.1) is 0 Å². The Kier molecular flexibility index (Phi) is 5.13. The summed E-state index contributed by atoms with van der Waals surface area (Å²) >= 11 is 0. The second kappa shape index (κ2) is 7.50. The predicted molar refractivity (Wildman–Crippen MR) is 106 cm³/mol. The van der Waals surface area contributed by atoms with Gasteiger partial charge in [0.2, 0.25) is 0 Å². The fourth-order valence-corrected chi connectivity index (χ4v) is 5.51. The van der Waals surface area contributed by atoms with Crippen molar-refractivity contribution in [3.05, 3.63) is 34.6 Å². The first-order valence-corrected chi connectivity index (χ1v) is 10.1. The second-order valence-electron chi connectivity index (χ2n) is 8.06. The molecule has 8 heteroatoms. The van der Waals surface area contributed by atoms with Crippen LogP contribution in [-0.4, -0.2) is 56.1 Å². The van der Waals surface area contributed by atoms with E-state index in [-0.39, 0.29) is 11.8 Å². The summed E-state index contributed by atoms with van der Waals surface area (Å²) in [5, 5.41) is 14.6. The predicted octanol–water partition coefficient (Wildman–Crippen LogP) is 1.72. The smallest absolute Gasteiger partial charge is 0.303 e. The molecule has 1 aliphatic heterocycles. The van der Waals surface area contributed by atoms with Crippen LogP contribution in [-0.2, 0) is 35.6 Å². The maximum absolute atomic E-state index is 11.9. The quantitative estimate of drug-likeness (QED) is 0.714. The SMILES string of the molecule is COC1=C2[C@@H]3Cc4ccc(OC)c(O)c4[C@]2(CCN3)CC(OC(C)=O)C1OC(C)=O. The topological polar surface area (TPSA) is 103 Å². The molecule has 0 saturated carbocycles. The number of carbonyl (C=O) groups excluding carboxylic acids is 2. The molecule has 2 N–H and O–H groups in total. The third-order valence-electron chi connectivity index (χ3n) is 6.40. The largest absolute Gasteiger partial charge is 0.504 e. The molecule has 30 heavy (non-hydrogen) atoms. The van der Waals surface area contributed by atoms with Crippen molar-refractivity contribution in [1.82, 2.24) is 5.32 Å². The van der Waals surface area contributed by atoms with Crippen molar-refractivity contribution in [3.63, 3.8) is 0 Å². The van der Waals surface area contributed by atoms with Crippen LogP contribution in [0.5, 0.6) is 11.5 Å². The Labute approximate surface area is 175 Å². The highest BCUT2D eigenvalue weighted by molar-refractivity contribution is 5.69. The van der Waals surface area contributed by atoms with Crippen LogP contribution in [0.3, 0.4) is 0 Å². The van der Waals surface area contributed by atoms with Crippen LogP contribution < -0.4 is 10.1 Å². The first-order valence-electron chi connectivity index (χ1n) is 10.1. The molecular weight excluding hydrogens is 390 g/mol. The number of piperidine rings is 1. The normalized spacial score (nSPS) is 29.4. The molecule has 2 aliphatic carbocycles. The van der Waals surface area contributed by atoms with E-state index in [2.05, 4.69) is 5.32 Å². The Hall–Kier alpha value is -2.74. The van der Waals surface area contributed by atoms with Gasteiger partial charge < -0.3 is 29.4 Å². The summed E-state index contributed by atoms with van der Waals surface area (Å²) in [5.74, 6) is 0.0130. The molecule has 0 aromatic heterocycles. The monoisotopic (exact) mass is 417 g/mol. The summed E-state index contributed by atoms with van der Waals surface area (Å²) in [6, 6.07) is 3.70. The summed E-state index contributed by atoms with van der Waals surface area (Å²) in [6.07, 6.45) is 0.126. The Morgan fingerprint density at radius 1 is 1.13 bits per heavy atom. The lowest BCUT2D eigenvalue weighted by atomic mass is 9.55. The molecule has 4 atom stereocenters. The third kappa shape index (κ3) is 3.01. The van der Waals surface area contributed by atoms with Gasteiger partial charge in [0.1, 0.15) is 11.9 Å². The lowest BCUT2D eigenvalue weighted by Crippen LogP contribution is -2.60. The average molecular weight is 417 g/mol. The summed E-state index contributed by atoms with van der Waals surface area (Å²) in [7, 11) is 3.04. The van der Waals surface area contributed by atoms with Crippen LogP contribution in [0.1, 0.15) is 37.8 Å². The van der Waals surface area contributed by atoms with E-state index >= 15 is 0 Å². The first kappa shape index (κ1) is 20.5. The van der Waals surface area contributed by atoms with Crippen LogP contribution in [0, 0.1) is 0 Å². The Bertz CT molecular complexity index is 924. The zero-order valence-corrected chi connectivity index (χ0v) is 17.6. The number of benzene rings is 1. The van der Waals surface area contributed by atoms with Crippen molar-refractivity contribution < 1.29 is 33.6 Å². The van der Waals surface area contributed by atoms with E-state index in [0.717, 1.165) is 23.2 Å². The minimum Gasteiger partial charge on any atom is -0.504 e. The van der Waals surface area contributed by atoms with Crippen molar-refractivity contribution >= 4 is 11.9 Å². The Balaban J connectivity index is 1.98. The lowest BCUT2D eigenvalue weighted by Gasteiger charge is -2.54. The maximum Gasteiger partial charge on any atom is 0.303 e. The number of aromatic hydroxyl groups is 1. The van der Waals surface area contributed by atoms with Crippen molar-refractivity contribution in [2.45, 2.75) is 56.8 Å². The number of ether oxygens (including phenoxy) is 4. The number of rotatable bonds is 4. The molecule has 4 rings (SSSR count). The molecule has 162 valence electrons. The van der Waals surface area contributed by atoms with E-state index in [1.807, 2.05) is 6.07 Å². The van der Waals surface area contributed by atoms with E-state index in [1.165, 1.54) is 28.1 Å². The maximum atomic E-state index is 11.9. The molecule has 1 saturated heterocycles. The zero-order chi connectivity index (χ0) is 21.6. The number of fused-ring (bicyclic) bond motifs is 1. The number of carbonyl (C=O) groups is 2. The number of hydrogen-bond acceptors (Lipinski definition) is 8. The summed E-state index contributed by atoms with van der Waals surface area (Å²) in [6.45, 7) is 3.38. The Morgan fingerprint density at radius 3 is 2.50 bits per heavy atom. The molecule has 8 nitrogen and oxygen atoms in total. The molecule has 1 heterocycles. The van der Waals surface area contributed by atoms with E-state index in [4.69, 9.17) is 18.9 Å². The van der Waals surface area contributed by atoms with Crippen molar-refractivity contribution in [1.29, 1.82) is 0 Å². The number of methoxy groups -OCH3 is 2. The van der Waals surface area contributed by atoms with Gasteiger partial charge in [0, 0.05) is 37.3 Å². The molecule has 1 fully saturated rings. The van der Waals surface area contributed by atoms with E-state index < -0.39 is 29.6 Å². The van der Waals surface area contributed by atoms with Gasteiger partial charge in [0.05, 0.1) is 14.2 Å². The highest BCUT2D eigenvalue weighted by Gasteiger charge is 2.58. The van der Waals surface area contributed by atoms with Gasteiger partial charge in [-0.2, -0.15) is 0 Å². The molecule has 0 radical (unpaired) electrons. The standard InChI is InChI=1S/C22H27NO7/c1-11(24)29-16-10-22-7-8-23-14(18(22)21(28-4)20(16)30-12(2)25)9-13-5-6-15(27-3)19(26)17(13)22/h5-6,14,16,20,23,26H,7-10H2,1-4H3/t14-,16?,20?,22-/m0/s1. The molecule has 2 unspecified atom stereocenters. The fourth-order valence-electron chi connectivity index (χ4n) is 5.51. The van der Waals surface area contributed by atoms with Crippen molar-refractivity contribution in [2.75, 3.05) is 20.8 Å². The van der Waals surface area contributed by atoms with E-state index in [9.17, 15) is 14.7 Å². The van der Waals surface area contributed by atoms with Gasteiger partial charge >= 0.3 is 11.9 Å². The number of phenolic OH excluding ortho intramolecular Hbond substituents is 1. The highest BCUT2D eigenvalue weighted by atomic mass is 16.6. The zero-order valence-electron chi connectivity index (χ0n) is 17.6. The molecule has 0 spiro atoms. The third-order valence-corrected chi connectivity index (χ3v) is 6.40. The molecule has 0 amide bonds. The number of esters is 2. The Morgan fingerprint density at radius 2 is 1.87 bits per heavy atom.